The SMILES string of the molecule is CC1CCN(CCN(C)C(=O)C2CCc3c(sc4ncnc(Nc5ccc6c(c5)C=NC6)c34)C2)CC1. The minimum absolute atomic E-state index is 0.0531. The number of hydrogen-bond acceptors (Lipinski definition) is 7. The van der Waals surface area contributed by atoms with Crippen molar-refractivity contribution in [3.05, 3.63) is 46.1 Å². The van der Waals surface area contributed by atoms with Crippen LogP contribution in [0.15, 0.2) is 29.5 Å². The summed E-state index contributed by atoms with van der Waals surface area (Å²) in [5.41, 5.74) is 4.75. The number of carbonyl (C=O) groups excluding carboxylic acids is 1. The molecule has 4 heterocycles. The Morgan fingerprint density at radius 2 is 2.08 bits per heavy atom. The number of aliphatic imine (C=N–C) groups is 1. The normalized spacial score (nSPS) is 19.9. The lowest BCUT2D eigenvalue weighted by molar-refractivity contribution is -0.134. The van der Waals surface area contributed by atoms with Gasteiger partial charge in [-0.25, -0.2) is 9.97 Å². The Balaban J connectivity index is 1.15. The van der Waals surface area contributed by atoms with Crippen molar-refractivity contribution in [2.24, 2.45) is 16.8 Å². The molecule has 0 saturated carbocycles. The van der Waals surface area contributed by atoms with Gasteiger partial charge in [-0.3, -0.25) is 9.79 Å². The van der Waals surface area contributed by atoms with Gasteiger partial charge in [0.1, 0.15) is 17.0 Å². The molecule has 7 nitrogen and oxygen atoms in total. The van der Waals surface area contributed by atoms with Gasteiger partial charge in [-0.2, -0.15) is 0 Å². The quantitative estimate of drug-likeness (QED) is 0.531. The van der Waals surface area contributed by atoms with Gasteiger partial charge in [-0.15, -0.1) is 11.3 Å². The van der Waals surface area contributed by atoms with Gasteiger partial charge >= 0.3 is 0 Å². The number of anilines is 2. The molecule has 3 aromatic rings. The smallest absolute Gasteiger partial charge is 0.225 e. The average molecular weight is 503 g/mol. The van der Waals surface area contributed by atoms with Crippen molar-refractivity contribution in [1.29, 1.82) is 0 Å². The Labute approximate surface area is 216 Å². The summed E-state index contributed by atoms with van der Waals surface area (Å²) in [5, 5.41) is 4.65. The molecule has 1 unspecified atom stereocenters. The van der Waals surface area contributed by atoms with E-state index in [0.717, 1.165) is 85.2 Å². The number of nitrogens with one attached hydrogen (secondary N) is 1. The third-order valence-corrected chi connectivity index (χ3v) is 9.26. The minimum Gasteiger partial charge on any atom is -0.344 e. The first kappa shape index (κ1) is 23.6. The van der Waals surface area contributed by atoms with E-state index in [9.17, 15) is 4.79 Å². The van der Waals surface area contributed by atoms with E-state index < -0.39 is 0 Å². The maximum Gasteiger partial charge on any atom is 0.225 e. The molecule has 6 rings (SSSR count). The summed E-state index contributed by atoms with van der Waals surface area (Å²) >= 11 is 1.72. The lowest BCUT2D eigenvalue weighted by Crippen LogP contribution is -2.42. The molecular weight excluding hydrogens is 468 g/mol. The highest BCUT2D eigenvalue weighted by Gasteiger charge is 2.31. The number of thiophene rings is 1. The number of aromatic nitrogens is 2. The molecule has 1 aromatic carbocycles. The van der Waals surface area contributed by atoms with Crippen LogP contribution in [0.3, 0.4) is 0 Å². The molecule has 1 amide bonds. The average Bonchev–Trinajstić information content (AvgIpc) is 3.51. The topological polar surface area (TPSA) is 73.7 Å². The fourth-order valence-corrected chi connectivity index (χ4v) is 7.00. The van der Waals surface area contributed by atoms with E-state index in [-0.39, 0.29) is 11.8 Å². The first-order valence-electron chi connectivity index (χ1n) is 13.2. The first-order valence-corrected chi connectivity index (χ1v) is 14.0. The third-order valence-electron chi connectivity index (χ3n) is 8.10. The molecule has 0 spiro atoms. The second-order valence-electron chi connectivity index (χ2n) is 10.6. The predicted octanol–water partition coefficient (Wildman–Crippen LogP) is 4.66. The molecule has 1 saturated heterocycles. The Morgan fingerprint density at radius 3 is 2.94 bits per heavy atom. The Kier molecular flexibility index (Phi) is 6.48. The first-order chi connectivity index (χ1) is 17.5. The van der Waals surface area contributed by atoms with Gasteiger partial charge in [0.15, 0.2) is 0 Å². The van der Waals surface area contributed by atoms with Crippen LogP contribution >= 0.6 is 11.3 Å². The van der Waals surface area contributed by atoms with Crippen molar-refractivity contribution in [2.75, 3.05) is 38.5 Å². The molecule has 0 bridgehead atoms. The number of rotatable bonds is 6. The van der Waals surface area contributed by atoms with Crippen LogP contribution in [0.1, 0.15) is 47.8 Å². The number of carbonyl (C=O) groups is 1. The van der Waals surface area contributed by atoms with Crippen LogP contribution in [0, 0.1) is 11.8 Å². The Bertz CT molecular complexity index is 1310. The summed E-state index contributed by atoms with van der Waals surface area (Å²) in [7, 11) is 1.98. The van der Waals surface area contributed by atoms with Crippen LogP contribution < -0.4 is 5.32 Å². The lowest BCUT2D eigenvalue weighted by atomic mass is 9.87. The number of amides is 1. The number of aryl methyl sites for hydroxylation is 1. The van der Waals surface area contributed by atoms with Crippen molar-refractivity contribution in [3.8, 4) is 0 Å². The van der Waals surface area contributed by atoms with Crippen LogP contribution in [0.25, 0.3) is 10.2 Å². The lowest BCUT2D eigenvalue weighted by Gasteiger charge is -2.32. The number of benzene rings is 1. The largest absolute Gasteiger partial charge is 0.344 e. The molecule has 3 aliphatic rings. The van der Waals surface area contributed by atoms with Crippen LogP contribution in [-0.2, 0) is 24.2 Å². The number of likely N-dealkylation sites (tertiary alicyclic amines) is 1. The van der Waals surface area contributed by atoms with Gasteiger partial charge in [-0.1, -0.05) is 13.0 Å². The number of fused-ring (bicyclic) bond motifs is 4. The van der Waals surface area contributed by atoms with E-state index in [1.807, 2.05) is 18.2 Å². The summed E-state index contributed by atoms with van der Waals surface area (Å²) in [6.45, 7) is 7.22. The molecule has 2 aromatic heterocycles. The number of piperidine rings is 1. The highest BCUT2D eigenvalue weighted by atomic mass is 32.1. The monoisotopic (exact) mass is 502 g/mol. The second kappa shape index (κ2) is 9.90. The van der Waals surface area contributed by atoms with E-state index in [1.54, 1.807) is 17.7 Å². The fourth-order valence-electron chi connectivity index (χ4n) is 5.73. The van der Waals surface area contributed by atoms with Crippen molar-refractivity contribution in [2.45, 2.75) is 45.6 Å². The van der Waals surface area contributed by atoms with Gasteiger partial charge in [0.05, 0.1) is 11.9 Å². The van der Waals surface area contributed by atoms with E-state index in [0.29, 0.717) is 0 Å². The number of nitrogens with zero attached hydrogens (tertiary/aromatic N) is 5. The minimum atomic E-state index is 0.0531. The van der Waals surface area contributed by atoms with Crippen LogP contribution in [0.2, 0.25) is 0 Å². The maximum atomic E-state index is 13.3. The van der Waals surface area contributed by atoms with Gasteiger partial charge in [0, 0.05) is 42.8 Å². The molecule has 2 aliphatic heterocycles. The molecule has 8 heteroatoms. The van der Waals surface area contributed by atoms with E-state index in [4.69, 9.17) is 0 Å². The van der Waals surface area contributed by atoms with Gasteiger partial charge in [-0.05, 0) is 79.9 Å². The summed E-state index contributed by atoms with van der Waals surface area (Å²) < 4.78 is 0. The zero-order valence-corrected chi connectivity index (χ0v) is 22.0. The Hall–Kier alpha value is -2.84. The molecule has 188 valence electrons. The molecular formula is C28H34N6OS. The van der Waals surface area contributed by atoms with Crippen molar-refractivity contribution in [1.82, 2.24) is 19.8 Å². The van der Waals surface area contributed by atoms with Gasteiger partial charge in [0.25, 0.3) is 0 Å². The summed E-state index contributed by atoms with van der Waals surface area (Å²) in [6.07, 6.45) is 8.69. The molecule has 0 radical (unpaired) electrons. The summed E-state index contributed by atoms with van der Waals surface area (Å²) in [4.78, 5) is 33.6. The Morgan fingerprint density at radius 1 is 1.22 bits per heavy atom. The number of hydrogen-bond donors (Lipinski definition) is 1. The van der Waals surface area contributed by atoms with Gasteiger partial charge < -0.3 is 15.1 Å². The summed E-state index contributed by atoms with van der Waals surface area (Å²) in [6, 6.07) is 6.35. The highest BCUT2D eigenvalue weighted by Crippen LogP contribution is 2.41. The third kappa shape index (κ3) is 4.64. The van der Waals surface area contributed by atoms with Crippen LogP contribution in [-0.4, -0.2) is 65.1 Å². The molecule has 36 heavy (non-hydrogen) atoms. The van der Waals surface area contributed by atoms with Crippen molar-refractivity contribution in [3.63, 3.8) is 0 Å². The fraction of sp³-hybridized carbons (Fsp3) is 0.500. The maximum absolute atomic E-state index is 13.3. The van der Waals surface area contributed by atoms with Crippen LogP contribution in [0.5, 0.6) is 0 Å². The highest BCUT2D eigenvalue weighted by molar-refractivity contribution is 7.19. The van der Waals surface area contributed by atoms with Crippen LogP contribution in [0.4, 0.5) is 11.5 Å². The van der Waals surface area contributed by atoms with E-state index in [1.165, 1.54) is 28.8 Å². The zero-order valence-electron chi connectivity index (χ0n) is 21.2. The summed E-state index contributed by atoms with van der Waals surface area (Å²) in [5.74, 6) is 2.02. The zero-order chi connectivity index (χ0) is 24.6. The van der Waals surface area contributed by atoms with Crippen molar-refractivity contribution < 1.29 is 4.79 Å². The van der Waals surface area contributed by atoms with E-state index in [2.05, 4.69) is 50.3 Å². The van der Waals surface area contributed by atoms with E-state index >= 15 is 0 Å². The predicted molar refractivity (Wildman–Crippen MR) is 146 cm³/mol. The number of likely N-dealkylation sites (N-methyl/N-ethyl adjacent to an activating group) is 1. The molecule has 1 N–H and O–H groups in total. The van der Waals surface area contributed by atoms with Gasteiger partial charge in [0.2, 0.25) is 5.91 Å². The molecule has 1 atom stereocenters. The molecule has 1 fully saturated rings. The van der Waals surface area contributed by atoms with Crippen molar-refractivity contribution >= 4 is 45.2 Å². The molecule has 1 aliphatic carbocycles. The standard InChI is InChI=1S/C28H34N6OS/c1-18-7-9-34(10-8-18)12-11-33(2)28(35)19-4-6-23-24(14-19)36-27-25(23)26(30-17-31-27)32-22-5-3-20-15-29-16-21(20)13-22/h3,5,13,16-19H,4,6-12,14-15H2,1-2H3,(H,30,31,32). The second-order valence-corrected chi connectivity index (χ2v) is 11.7.